The summed E-state index contributed by atoms with van der Waals surface area (Å²) in [5, 5.41) is 9.57. The molecule has 1 atom stereocenters. The zero-order chi connectivity index (χ0) is 18.2. The maximum atomic E-state index is 10.9. The van der Waals surface area contributed by atoms with Crippen LogP contribution in [-0.4, -0.2) is 60.2 Å². The first-order valence-corrected chi connectivity index (χ1v) is 9.04. The number of carbonyl (C=O) groups is 1. The first-order chi connectivity index (χ1) is 12.0. The van der Waals surface area contributed by atoms with Crippen molar-refractivity contribution < 1.29 is 14.6 Å². The van der Waals surface area contributed by atoms with Crippen molar-refractivity contribution in [3.8, 4) is 5.75 Å². The van der Waals surface area contributed by atoms with Gasteiger partial charge in [0.1, 0.15) is 12.4 Å². The van der Waals surface area contributed by atoms with Crippen LogP contribution in [0.5, 0.6) is 5.75 Å². The summed E-state index contributed by atoms with van der Waals surface area (Å²) in [5.74, 6) is -0.0893. The molecule has 0 spiro atoms. The highest BCUT2D eigenvalue weighted by Gasteiger charge is 2.21. The maximum Gasteiger partial charge on any atom is 0.317 e. The number of likely N-dealkylation sites (tertiary alicyclic amines) is 1. The third kappa shape index (κ3) is 6.34. The van der Waals surface area contributed by atoms with Crippen LogP contribution in [-0.2, 0) is 11.3 Å². The zero-order valence-electron chi connectivity index (χ0n) is 14.8. The van der Waals surface area contributed by atoms with Crippen molar-refractivity contribution in [3.63, 3.8) is 0 Å². The summed E-state index contributed by atoms with van der Waals surface area (Å²) in [6, 6.07) is 6.24. The second kappa shape index (κ2) is 9.80. The molecule has 1 aliphatic rings. The highest BCUT2D eigenvalue weighted by atomic mass is 35.5. The lowest BCUT2D eigenvalue weighted by Crippen LogP contribution is -2.36. The summed E-state index contributed by atoms with van der Waals surface area (Å²) in [6.07, 6.45) is 4.79. The molecular weight excluding hydrogens is 340 g/mol. The molecule has 25 heavy (non-hydrogen) atoms. The third-order valence-corrected chi connectivity index (χ3v) is 4.85. The summed E-state index contributed by atoms with van der Waals surface area (Å²) < 4.78 is 5.51. The van der Waals surface area contributed by atoms with E-state index in [4.69, 9.17) is 21.4 Å². The third-order valence-electron chi connectivity index (χ3n) is 4.56. The molecule has 0 aliphatic carbocycles. The number of halogens is 1. The first-order valence-electron chi connectivity index (χ1n) is 8.66. The SMILES string of the molecule is C=CCOc1ccc(CN2CCCC(N(C)CC(=O)O)CC2)cc1Cl. The van der Waals surface area contributed by atoms with Gasteiger partial charge in [-0.15, -0.1) is 0 Å². The summed E-state index contributed by atoms with van der Waals surface area (Å²) in [6.45, 7) is 7.00. The lowest BCUT2D eigenvalue weighted by Gasteiger charge is -2.25. The number of rotatable bonds is 8. The Labute approximate surface area is 154 Å². The van der Waals surface area contributed by atoms with Gasteiger partial charge in [0.2, 0.25) is 0 Å². The lowest BCUT2D eigenvalue weighted by atomic mass is 10.1. The van der Waals surface area contributed by atoms with E-state index in [2.05, 4.69) is 11.5 Å². The Morgan fingerprint density at radius 2 is 2.28 bits per heavy atom. The molecule has 1 unspecified atom stereocenters. The van der Waals surface area contributed by atoms with Crippen LogP contribution < -0.4 is 4.74 Å². The predicted octanol–water partition coefficient (Wildman–Crippen LogP) is 3.28. The normalized spacial score (nSPS) is 18.8. The number of carboxylic acid groups (broad SMARTS) is 1. The topological polar surface area (TPSA) is 53.0 Å². The molecule has 1 aromatic carbocycles. The van der Waals surface area contributed by atoms with Gasteiger partial charge in [0.25, 0.3) is 0 Å². The van der Waals surface area contributed by atoms with Crippen LogP contribution in [0.25, 0.3) is 0 Å². The van der Waals surface area contributed by atoms with Crippen LogP contribution in [0, 0.1) is 0 Å². The summed E-state index contributed by atoms with van der Waals surface area (Å²) in [7, 11) is 1.90. The largest absolute Gasteiger partial charge is 0.488 e. The summed E-state index contributed by atoms with van der Waals surface area (Å²) in [5.41, 5.74) is 1.16. The van der Waals surface area contributed by atoms with E-state index in [1.165, 1.54) is 0 Å². The Bertz CT molecular complexity index is 594. The number of benzene rings is 1. The predicted molar refractivity (Wildman–Crippen MR) is 100 cm³/mol. The molecule has 0 radical (unpaired) electrons. The van der Waals surface area contributed by atoms with E-state index in [1.54, 1.807) is 6.08 Å². The van der Waals surface area contributed by atoms with Gasteiger partial charge in [0.15, 0.2) is 0 Å². The summed E-state index contributed by atoms with van der Waals surface area (Å²) >= 11 is 6.29. The van der Waals surface area contributed by atoms with E-state index in [1.807, 2.05) is 30.1 Å². The van der Waals surface area contributed by atoms with Crippen molar-refractivity contribution in [2.24, 2.45) is 0 Å². The van der Waals surface area contributed by atoms with Crippen molar-refractivity contribution in [2.75, 3.05) is 33.3 Å². The van der Waals surface area contributed by atoms with E-state index in [0.717, 1.165) is 44.5 Å². The molecule has 0 aromatic heterocycles. The van der Waals surface area contributed by atoms with Gasteiger partial charge < -0.3 is 9.84 Å². The van der Waals surface area contributed by atoms with Gasteiger partial charge in [-0.25, -0.2) is 0 Å². The van der Waals surface area contributed by atoms with Gasteiger partial charge in [0, 0.05) is 12.6 Å². The summed E-state index contributed by atoms with van der Waals surface area (Å²) in [4.78, 5) is 15.2. The Kier molecular flexibility index (Phi) is 7.75. The lowest BCUT2D eigenvalue weighted by molar-refractivity contribution is -0.138. The Balaban J connectivity index is 1.89. The van der Waals surface area contributed by atoms with Crippen LogP contribution in [0.3, 0.4) is 0 Å². The molecule has 1 aromatic rings. The van der Waals surface area contributed by atoms with E-state index in [-0.39, 0.29) is 6.54 Å². The highest BCUT2D eigenvalue weighted by Crippen LogP contribution is 2.26. The van der Waals surface area contributed by atoms with Gasteiger partial charge in [-0.3, -0.25) is 14.6 Å². The van der Waals surface area contributed by atoms with Crippen LogP contribution in [0.4, 0.5) is 0 Å². The van der Waals surface area contributed by atoms with Gasteiger partial charge in [-0.1, -0.05) is 30.3 Å². The average Bonchev–Trinajstić information content (AvgIpc) is 2.79. The van der Waals surface area contributed by atoms with Gasteiger partial charge in [0.05, 0.1) is 11.6 Å². The van der Waals surface area contributed by atoms with Crippen LogP contribution in [0.1, 0.15) is 24.8 Å². The van der Waals surface area contributed by atoms with Gasteiger partial charge in [-0.2, -0.15) is 0 Å². The fraction of sp³-hybridized carbons (Fsp3) is 0.526. The van der Waals surface area contributed by atoms with Gasteiger partial charge >= 0.3 is 5.97 Å². The molecule has 1 heterocycles. The van der Waals surface area contributed by atoms with Crippen molar-refractivity contribution in [3.05, 3.63) is 41.4 Å². The van der Waals surface area contributed by atoms with E-state index in [0.29, 0.717) is 23.4 Å². The molecule has 1 aliphatic heterocycles. The number of hydrogen-bond acceptors (Lipinski definition) is 4. The number of nitrogens with zero attached hydrogens (tertiary/aromatic N) is 2. The maximum absolute atomic E-state index is 10.9. The molecule has 6 heteroatoms. The average molecular weight is 367 g/mol. The van der Waals surface area contributed by atoms with Crippen LogP contribution in [0.2, 0.25) is 5.02 Å². The standard InChI is InChI=1S/C19H27ClN2O3/c1-3-11-25-18-7-6-15(12-17(18)20)13-22-9-4-5-16(8-10-22)21(2)14-19(23)24/h3,6-7,12,16H,1,4-5,8-11,13-14H2,2H3,(H,23,24). The molecule has 138 valence electrons. The van der Waals surface area contributed by atoms with Crippen LogP contribution in [0.15, 0.2) is 30.9 Å². The molecule has 0 amide bonds. The number of hydrogen-bond donors (Lipinski definition) is 1. The molecule has 5 nitrogen and oxygen atoms in total. The fourth-order valence-corrected chi connectivity index (χ4v) is 3.50. The first kappa shape index (κ1) is 19.8. The molecule has 2 rings (SSSR count). The van der Waals surface area contributed by atoms with Crippen molar-refractivity contribution in [1.29, 1.82) is 0 Å². The minimum absolute atomic E-state index is 0.104. The van der Waals surface area contributed by atoms with Crippen LogP contribution >= 0.6 is 11.6 Å². The smallest absolute Gasteiger partial charge is 0.317 e. The van der Waals surface area contributed by atoms with E-state index < -0.39 is 5.97 Å². The second-order valence-corrected chi connectivity index (χ2v) is 6.94. The quantitative estimate of drug-likeness (QED) is 0.715. The molecule has 0 saturated carbocycles. The van der Waals surface area contributed by atoms with E-state index >= 15 is 0 Å². The Hall–Kier alpha value is -1.56. The fourth-order valence-electron chi connectivity index (χ4n) is 3.25. The molecule has 1 saturated heterocycles. The number of aliphatic carboxylic acids is 1. The number of carboxylic acids is 1. The van der Waals surface area contributed by atoms with Gasteiger partial charge in [-0.05, 0) is 57.1 Å². The van der Waals surface area contributed by atoms with E-state index in [9.17, 15) is 4.79 Å². The Morgan fingerprint density at radius 1 is 1.48 bits per heavy atom. The minimum atomic E-state index is -0.767. The Morgan fingerprint density at radius 3 is 2.96 bits per heavy atom. The van der Waals surface area contributed by atoms with Crippen molar-refractivity contribution in [1.82, 2.24) is 9.80 Å². The minimum Gasteiger partial charge on any atom is -0.488 e. The second-order valence-electron chi connectivity index (χ2n) is 6.53. The van der Waals surface area contributed by atoms with Crippen molar-refractivity contribution in [2.45, 2.75) is 31.8 Å². The number of likely N-dealkylation sites (N-methyl/N-ethyl adjacent to an activating group) is 1. The molecule has 1 fully saturated rings. The molecule has 0 bridgehead atoms. The zero-order valence-corrected chi connectivity index (χ0v) is 15.5. The highest BCUT2D eigenvalue weighted by molar-refractivity contribution is 6.32. The number of ether oxygens (including phenoxy) is 1. The molecule has 1 N–H and O–H groups in total. The van der Waals surface area contributed by atoms with Crippen molar-refractivity contribution >= 4 is 17.6 Å². The molecular formula is C19H27ClN2O3. The monoisotopic (exact) mass is 366 g/mol.